The largest absolute Gasteiger partial charge is 0.379 e. The van der Waals surface area contributed by atoms with Gasteiger partial charge in [-0.3, -0.25) is 14.7 Å². The molecule has 0 radical (unpaired) electrons. The minimum Gasteiger partial charge on any atom is -0.379 e. The molecule has 1 atom stereocenters. The normalized spacial score (nSPS) is 15.9. The summed E-state index contributed by atoms with van der Waals surface area (Å²) >= 11 is 0. The van der Waals surface area contributed by atoms with Gasteiger partial charge in [0.15, 0.2) is 0 Å². The summed E-state index contributed by atoms with van der Waals surface area (Å²) in [6, 6.07) is 18.4. The lowest BCUT2D eigenvalue weighted by Crippen LogP contribution is -2.43. The van der Waals surface area contributed by atoms with Crippen molar-refractivity contribution in [2.45, 2.75) is 19.9 Å². The molecule has 1 aliphatic rings. The SMILES string of the molecule is Cc1ccc(C(CNC(=O)c2cc(C)nc3ccccc23)N2CCOCC2)cc1. The third-order valence-electron chi connectivity index (χ3n) is 5.49. The van der Waals surface area contributed by atoms with Crippen LogP contribution < -0.4 is 5.32 Å². The predicted molar refractivity (Wildman–Crippen MR) is 115 cm³/mol. The average molecular weight is 389 g/mol. The van der Waals surface area contributed by atoms with E-state index in [2.05, 4.69) is 46.4 Å². The Bertz CT molecular complexity index is 995. The number of nitrogens with one attached hydrogen (secondary N) is 1. The summed E-state index contributed by atoms with van der Waals surface area (Å²) < 4.78 is 5.53. The fourth-order valence-electron chi connectivity index (χ4n) is 3.92. The molecule has 0 aliphatic carbocycles. The lowest BCUT2D eigenvalue weighted by atomic mass is 10.0. The molecule has 5 heteroatoms. The quantitative estimate of drug-likeness (QED) is 0.724. The molecule has 0 spiro atoms. The first-order valence-electron chi connectivity index (χ1n) is 10.1. The highest BCUT2D eigenvalue weighted by atomic mass is 16.5. The van der Waals surface area contributed by atoms with Crippen LogP contribution in [0.4, 0.5) is 0 Å². The van der Waals surface area contributed by atoms with Crippen molar-refractivity contribution in [3.8, 4) is 0 Å². The molecule has 1 aromatic heterocycles. The maximum Gasteiger partial charge on any atom is 0.252 e. The molecule has 2 aromatic carbocycles. The Hall–Kier alpha value is -2.76. The molecule has 1 fully saturated rings. The van der Waals surface area contributed by atoms with E-state index < -0.39 is 0 Å². The Morgan fingerprint density at radius 3 is 2.59 bits per heavy atom. The van der Waals surface area contributed by atoms with Gasteiger partial charge in [-0.2, -0.15) is 0 Å². The number of carbonyl (C=O) groups is 1. The Kier molecular flexibility index (Phi) is 5.88. The number of aryl methyl sites for hydroxylation is 2. The first kappa shape index (κ1) is 19.6. The number of ether oxygens (including phenoxy) is 1. The summed E-state index contributed by atoms with van der Waals surface area (Å²) in [6.45, 7) is 7.75. The average Bonchev–Trinajstić information content (AvgIpc) is 2.75. The summed E-state index contributed by atoms with van der Waals surface area (Å²) in [7, 11) is 0. The van der Waals surface area contributed by atoms with Crippen LogP contribution in [0.2, 0.25) is 0 Å². The van der Waals surface area contributed by atoms with Gasteiger partial charge >= 0.3 is 0 Å². The van der Waals surface area contributed by atoms with Crippen LogP contribution in [-0.4, -0.2) is 48.6 Å². The zero-order chi connectivity index (χ0) is 20.2. The number of hydrogen-bond donors (Lipinski definition) is 1. The van der Waals surface area contributed by atoms with E-state index >= 15 is 0 Å². The van der Waals surface area contributed by atoms with Gasteiger partial charge in [-0.1, -0.05) is 48.0 Å². The minimum atomic E-state index is -0.0583. The Morgan fingerprint density at radius 2 is 1.83 bits per heavy atom. The number of carbonyl (C=O) groups excluding carboxylic acids is 1. The van der Waals surface area contributed by atoms with E-state index in [9.17, 15) is 4.79 Å². The van der Waals surface area contributed by atoms with Crippen molar-refractivity contribution >= 4 is 16.8 Å². The van der Waals surface area contributed by atoms with E-state index in [1.54, 1.807) is 0 Å². The molecular formula is C24H27N3O2. The third kappa shape index (κ3) is 4.47. The van der Waals surface area contributed by atoms with Gasteiger partial charge in [-0.15, -0.1) is 0 Å². The number of fused-ring (bicyclic) bond motifs is 1. The second-order valence-corrected chi connectivity index (χ2v) is 7.61. The molecule has 1 N–H and O–H groups in total. The number of morpholine rings is 1. The summed E-state index contributed by atoms with van der Waals surface area (Å²) in [5.74, 6) is -0.0583. The summed E-state index contributed by atoms with van der Waals surface area (Å²) in [5, 5.41) is 4.06. The number of nitrogens with zero attached hydrogens (tertiary/aromatic N) is 2. The van der Waals surface area contributed by atoms with Gasteiger partial charge in [-0.05, 0) is 31.5 Å². The number of hydrogen-bond acceptors (Lipinski definition) is 4. The van der Waals surface area contributed by atoms with Crippen LogP contribution in [0.1, 0.15) is 33.2 Å². The standard InChI is InChI=1S/C24H27N3O2/c1-17-7-9-19(10-8-17)23(27-11-13-29-14-12-27)16-25-24(28)21-15-18(2)26-22-6-4-3-5-20(21)22/h3-10,15,23H,11-14,16H2,1-2H3,(H,25,28). The lowest BCUT2D eigenvalue weighted by Gasteiger charge is -2.35. The van der Waals surface area contributed by atoms with Gasteiger partial charge < -0.3 is 10.1 Å². The van der Waals surface area contributed by atoms with Crippen LogP contribution in [0.15, 0.2) is 54.6 Å². The van der Waals surface area contributed by atoms with Gasteiger partial charge in [0.1, 0.15) is 0 Å². The molecule has 1 aliphatic heterocycles. The number of para-hydroxylation sites is 1. The summed E-state index contributed by atoms with van der Waals surface area (Å²) in [4.78, 5) is 20.0. The number of rotatable bonds is 5. The van der Waals surface area contributed by atoms with E-state index in [-0.39, 0.29) is 11.9 Å². The van der Waals surface area contributed by atoms with Crippen molar-refractivity contribution in [3.05, 3.63) is 77.0 Å². The maximum atomic E-state index is 13.1. The first-order valence-corrected chi connectivity index (χ1v) is 10.1. The Labute approximate surface area is 171 Å². The predicted octanol–water partition coefficient (Wildman–Crippen LogP) is 3.65. The van der Waals surface area contributed by atoms with Crippen molar-refractivity contribution in [3.63, 3.8) is 0 Å². The smallest absolute Gasteiger partial charge is 0.252 e. The molecule has 150 valence electrons. The van der Waals surface area contributed by atoms with Crippen molar-refractivity contribution in [2.75, 3.05) is 32.8 Å². The van der Waals surface area contributed by atoms with E-state index in [0.717, 1.165) is 42.9 Å². The highest BCUT2D eigenvalue weighted by Crippen LogP contribution is 2.23. The maximum absolute atomic E-state index is 13.1. The third-order valence-corrected chi connectivity index (χ3v) is 5.49. The van der Waals surface area contributed by atoms with Crippen LogP contribution in [0.3, 0.4) is 0 Å². The van der Waals surface area contributed by atoms with Crippen LogP contribution in [0, 0.1) is 13.8 Å². The number of amides is 1. The summed E-state index contributed by atoms with van der Waals surface area (Å²) in [5.41, 5.74) is 4.82. The number of aromatic nitrogens is 1. The fourth-order valence-corrected chi connectivity index (χ4v) is 3.92. The van der Waals surface area contributed by atoms with Crippen molar-refractivity contribution in [1.29, 1.82) is 0 Å². The fraction of sp³-hybridized carbons (Fsp3) is 0.333. The van der Waals surface area contributed by atoms with Gasteiger partial charge in [0, 0.05) is 30.7 Å². The van der Waals surface area contributed by atoms with Crippen LogP contribution in [0.5, 0.6) is 0 Å². The van der Waals surface area contributed by atoms with E-state index in [4.69, 9.17) is 4.74 Å². The highest BCUT2D eigenvalue weighted by Gasteiger charge is 2.23. The Balaban J connectivity index is 1.57. The molecule has 3 aromatic rings. The Morgan fingerprint density at radius 1 is 1.10 bits per heavy atom. The zero-order valence-corrected chi connectivity index (χ0v) is 17.0. The second kappa shape index (κ2) is 8.72. The molecule has 0 saturated carbocycles. The van der Waals surface area contributed by atoms with Crippen LogP contribution >= 0.6 is 0 Å². The molecule has 2 heterocycles. The lowest BCUT2D eigenvalue weighted by molar-refractivity contribution is 0.0162. The first-order chi connectivity index (χ1) is 14.1. The van der Waals surface area contributed by atoms with Gasteiger partial charge in [0.25, 0.3) is 5.91 Å². The van der Waals surface area contributed by atoms with Crippen LogP contribution in [0.25, 0.3) is 10.9 Å². The molecule has 0 bridgehead atoms. The molecule has 4 rings (SSSR count). The molecule has 1 amide bonds. The van der Waals surface area contributed by atoms with Crippen LogP contribution in [-0.2, 0) is 4.74 Å². The topological polar surface area (TPSA) is 54.5 Å². The highest BCUT2D eigenvalue weighted by molar-refractivity contribution is 6.06. The number of benzene rings is 2. The molecule has 1 unspecified atom stereocenters. The van der Waals surface area contributed by atoms with Gasteiger partial charge in [0.2, 0.25) is 0 Å². The zero-order valence-electron chi connectivity index (χ0n) is 17.0. The minimum absolute atomic E-state index is 0.0583. The van der Waals surface area contributed by atoms with Gasteiger partial charge in [-0.25, -0.2) is 0 Å². The van der Waals surface area contributed by atoms with E-state index in [1.807, 2.05) is 37.3 Å². The van der Waals surface area contributed by atoms with Crippen molar-refractivity contribution in [1.82, 2.24) is 15.2 Å². The summed E-state index contributed by atoms with van der Waals surface area (Å²) in [6.07, 6.45) is 0. The number of pyridine rings is 1. The molecule has 5 nitrogen and oxygen atoms in total. The van der Waals surface area contributed by atoms with Crippen molar-refractivity contribution in [2.24, 2.45) is 0 Å². The second-order valence-electron chi connectivity index (χ2n) is 7.61. The van der Waals surface area contributed by atoms with Crippen molar-refractivity contribution < 1.29 is 9.53 Å². The van der Waals surface area contributed by atoms with E-state index in [1.165, 1.54) is 11.1 Å². The monoisotopic (exact) mass is 389 g/mol. The molecule has 29 heavy (non-hydrogen) atoms. The molecular weight excluding hydrogens is 362 g/mol. The van der Waals surface area contributed by atoms with Gasteiger partial charge in [0.05, 0.1) is 30.3 Å². The van der Waals surface area contributed by atoms with E-state index in [0.29, 0.717) is 12.1 Å². The molecule has 1 saturated heterocycles.